The van der Waals surface area contributed by atoms with Crippen LogP contribution in [0.2, 0.25) is 0 Å². The second-order valence-corrected chi connectivity index (χ2v) is 21.6. The Morgan fingerprint density at radius 1 is 0.462 bits per heavy atom. The molecule has 6 aromatic carbocycles. The first-order valence-electron chi connectivity index (χ1n) is 22.9. The Hall–Kier alpha value is -6.65. The Kier molecular flexibility index (Phi) is 11.6. The molecule has 0 aliphatic rings. The van der Waals surface area contributed by atoms with Crippen LogP contribution >= 0.6 is 0 Å². The predicted octanol–water partition coefficient (Wildman–Crippen LogP) is 16.6. The molecule has 0 saturated carbocycles. The molecule has 0 bridgehead atoms. The molecule has 0 aliphatic carbocycles. The van der Waals surface area contributed by atoms with E-state index in [9.17, 15) is 0 Å². The summed E-state index contributed by atoms with van der Waals surface area (Å²) >= 11 is 0. The molecule has 2 aromatic heterocycles. The average Bonchev–Trinajstić information content (AvgIpc) is 3.60. The Morgan fingerprint density at radius 3 is 1.23 bits per heavy atom. The van der Waals surface area contributed by atoms with Crippen LogP contribution < -0.4 is 0 Å². The smallest absolute Gasteiger partial charge is 0.164 e. The minimum Gasteiger partial charge on any atom is -0.307 e. The lowest BCUT2D eigenvalue weighted by molar-refractivity contribution is 0.571. The molecule has 0 amide bonds. The highest BCUT2D eigenvalue weighted by atomic mass is 15.0. The number of hydrogen-bond donors (Lipinski definition) is 0. The van der Waals surface area contributed by atoms with E-state index in [0.29, 0.717) is 17.5 Å². The van der Waals surface area contributed by atoms with Crippen LogP contribution in [0.25, 0.3) is 78.4 Å². The summed E-state index contributed by atoms with van der Waals surface area (Å²) in [7, 11) is 0. The van der Waals surface area contributed by atoms with Gasteiger partial charge in [0.05, 0.1) is 16.7 Å². The summed E-state index contributed by atoms with van der Waals surface area (Å²) < 4.78 is 2.62. The van der Waals surface area contributed by atoms with Crippen molar-refractivity contribution >= 4 is 27.4 Å². The van der Waals surface area contributed by atoms with Crippen molar-refractivity contribution in [2.24, 2.45) is 0 Å². The summed E-state index contributed by atoms with van der Waals surface area (Å²) in [5.41, 5.74) is 14.9. The molecule has 0 unspecified atom stereocenters. The first-order chi connectivity index (χ1) is 30.7. The fraction of sp³-hybridized carbons (Fsp3) is 0.262. The third kappa shape index (κ3) is 8.67. The van der Waals surface area contributed by atoms with Gasteiger partial charge in [-0.1, -0.05) is 218 Å². The molecular formula is C61H64N4. The average molecular weight is 853 g/mol. The maximum absolute atomic E-state index is 5.26. The van der Waals surface area contributed by atoms with Crippen molar-refractivity contribution in [3.63, 3.8) is 0 Å². The summed E-state index contributed by atoms with van der Waals surface area (Å²) in [6, 6.07) is 45.6. The number of benzene rings is 6. The Bertz CT molecular complexity index is 2970. The fourth-order valence-corrected chi connectivity index (χ4v) is 8.90. The maximum atomic E-state index is 5.26. The quantitative estimate of drug-likeness (QED) is 0.143. The number of nitrogens with zero attached hydrogens (tertiary/aromatic N) is 4. The highest BCUT2D eigenvalue weighted by Gasteiger charge is 2.33. The van der Waals surface area contributed by atoms with Crippen LogP contribution in [-0.4, -0.2) is 19.5 Å². The first-order valence-corrected chi connectivity index (χ1v) is 22.9. The van der Waals surface area contributed by atoms with Crippen molar-refractivity contribution in [3.05, 3.63) is 187 Å². The van der Waals surface area contributed by atoms with Crippen molar-refractivity contribution in [2.45, 2.75) is 105 Å². The molecule has 4 heteroatoms. The number of allylic oxidation sites excluding steroid dienone is 4. The van der Waals surface area contributed by atoms with Gasteiger partial charge in [-0.3, -0.25) is 0 Å². The molecule has 0 aliphatic heterocycles. The van der Waals surface area contributed by atoms with Crippen molar-refractivity contribution in [3.8, 4) is 51.0 Å². The molecule has 0 radical (unpaired) electrons. The minimum atomic E-state index is -0.210. The molecule has 0 spiro atoms. The normalized spacial score (nSPS) is 12.8. The Labute approximate surface area is 387 Å². The van der Waals surface area contributed by atoms with Crippen LogP contribution in [0.4, 0.5) is 0 Å². The predicted molar refractivity (Wildman–Crippen MR) is 279 cm³/mol. The van der Waals surface area contributed by atoms with E-state index in [4.69, 9.17) is 15.0 Å². The number of aromatic nitrogens is 4. The van der Waals surface area contributed by atoms with E-state index in [2.05, 4.69) is 198 Å². The lowest BCUT2D eigenvalue weighted by Crippen LogP contribution is -2.19. The molecule has 0 atom stereocenters. The summed E-state index contributed by atoms with van der Waals surface area (Å²) in [5, 5.41) is 2.52. The van der Waals surface area contributed by atoms with Crippen LogP contribution in [0, 0.1) is 0 Å². The molecule has 4 nitrogen and oxygen atoms in total. The maximum Gasteiger partial charge on any atom is 0.164 e. The van der Waals surface area contributed by atoms with E-state index in [0.717, 1.165) is 44.6 Å². The van der Waals surface area contributed by atoms with Crippen molar-refractivity contribution in [1.29, 1.82) is 0 Å². The van der Waals surface area contributed by atoms with E-state index in [-0.39, 0.29) is 21.7 Å². The third-order valence-electron chi connectivity index (χ3n) is 12.5. The number of fused-ring (bicyclic) bond motifs is 3. The molecule has 65 heavy (non-hydrogen) atoms. The first kappa shape index (κ1) is 44.9. The van der Waals surface area contributed by atoms with Crippen LogP contribution in [0.15, 0.2) is 159 Å². The lowest BCUT2D eigenvalue weighted by atomic mass is 9.78. The fourth-order valence-electron chi connectivity index (χ4n) is 8.90. The van der Waals surface area contributed by atoms with Gasteiger partial charge in [0.15, 0.2) is 17.5 Å². The Balaban J connectivity index is 1.64. The largest absolute Gasteiger partial charge is 0.307 e. The zero-order valence-corrected chi connectivity index (χ0v) is 40.6. The molecule has 0 saturated heterocycles. The minimum absolute atomic E-state index is 0.0798. The molecule has 8 aromatic rings. The molecular weight excluding hydrogens is 789 g/mol. The van der Waals surface area contributed by atoms with Gasteiger partial charge in [-0.05, 0) is 79.3 Å². The highest BCUT2D eigenvalue weighted by molar-refractivity contribution is 6.14. The summed E-state index contributed by atoms with van der Waals surface area (Å²) in [6.45, 7) is 36.7. The van der Waals surface area contributed by atoms with Crippen LogP contribution in [-0.2, 0) is 21.7 Å². The molecule has 0 N–H and O–H groups in total. The SMILES string of the molecule is C=C/C=C(\C=C)c1cc(-c2nc(-c3ccccc3)nc(-c3ccccc3)n2)cc(-c2ccccc2)c1-n1c2c(C(C)(C)C)cc(C(C)(C)C)cc2c2cc(C(C)(C)C)cc(C(C)(C)C)c21. The van der Waals surface area contributed by atoms with E-state index < -0.39 is 0 Å². The zero-order valence-electron chi connectivity index (χ0n) is 40.6. The van der Waals surface area contributed by atoms with E-state index in [1.54, 1.807) is 0 Å². The van der Waals surface area contributed by atoms with Gasteiger partial charge in [-0.2, -0.15) is 0 Å². The summed E-state index contributed by atoms with van der Waals surface area (Å²) in [5.74, 6) is 1.81. The van der Waals surface area contributed by atoms with Gasteiger partial charge in [0.1, 0.15) is 0 Å². The lowest BCUT2D eigenvalue weighted by Gasteiger charge is -2.29. The van der Waals surface area contributed by atoms with Gasteiger partial charge < -0.3 is 4.57 Å². The van der Waals surface area contributed by atoms with Gasteiger partial charge in [-0.15, -0.1) is 0 Å². The van der Waals surface area contributed by atoms with Gasteiger partial charge in [-0.25, -0.2) is 15.0 Å². The van der Waals surface area contributed by atoms with Crippen molar-refractivity contribution < 1.29 is 0 Å². The van der Waals surface area contributed by atoms with Gasteiger partial charge in [0.25, 0.3) is 0 Å². The second kappa shape index (κ2) is 16.7. The number of rotatable bonds is 8. The third-order valence-corrected chi connectivity index (χ3v) is 12.5. The van der Waals surface area contributed by atoms with Crippen molar-refractivity contribution in [1.82, 2.24) is 19.5 Å². The van der Waals surface area contributed by atoms with E-state index >= 15 is 0 Å². The topological polar surface area (TPSA) is 43.6 Å². The summed E-state index contributed by atoms with van der Waals surface area (Å²) in [4.78, 5) is 15.6. The molecule has 0 fully saturated rings. The summed E-state index contributed by atoms with van der Waals surface area (Å²) in [6.07, 6.45) is 5.88. The Morgan fingerprint density at radius 2 is 0.862 bits per heavy atom. The van der Waals surface area contributed by atoms with Gasteiger partial charge in [0.2, 0.25) is 0 Å². The van der Waals surface area contributed by atoms with Crippen LogP contribution in [0.5, 0.6) is 0 Å². The molecule has 2 heterocycles. The monoisotopic (exact) mass is 853 g/mol. The zero-order chi connectivity index (χ0) is 46.6. The van der Waals surface area contributed by atoms with Gasteiger partial charge in [0, 0.05) is 38.6 Å². The van der Waals surface area contributed by atoms with E-state index in [1.807, 2.05) is 48.6 Å². The van der Waals surface area contributed by atoms with Crippen LogP contribution in [0.3, 0.4) is 0 Å². The van der Waals surface area contributed by atoms with Crippen LogP contribution in [0.1, 0.15) is 111 Å². The molecule has 328 valence electrons. The molecule has 8 rings (SSSR count). The highest BCUT2D eigenvalue weighted by Crippen LogP contribution is 2.49. The van der Waals surface area contributed by atoms with Gasteiger partial charge >= 0.3 is 0 Å². The number of hydrogen-bond acceptors (Lipinski definition) is 3. The standard InChI is InChI=1S/C61H64N4/c1-15-26-39(16-2)46-33-43(57-63-55(41-29-22-18-23-30-41)62-56(64-57)42-31-24-19-25-32-42)34-47(40-27-20-17-21-28-40)52(46)65-53-48(35-44(58(3,4)5)37-50(53)60(9,10)11)49-36-45(59(6,7)8)38-51(54(49)65)61(12,13)14/h15-38H,1-2H2,3-14H3/b39-26+. The second-order valence-electron chi connectivity index (χ2n) is 21.6. The van der Waals surface area contributed by atoms with E-state index in [1.165, 1.54) is 44.1 Å². The van der Waals surface area contributed by atoms with Crippen molar-refractivity contribution in [2.75, 3.05) is 0 Å².